The lowest BCUT2D eigenvalue weighted by Crippen LogP contribution is -2.21. The molecule has 0 aliphatic rings. The second-order valence-corrected chi connectivity index (χ2v) is 4.37. The third-order valence-corrected chi connectivity index (χ3v) is 2.46. The number of aryl methyl sites for hydroxylation is 1. The fourth-order valence-corrected chi connectivity index (χ4v) is 1.46. The first-order chi connectivity index (χ1) is 8.15. The summed E-state index contributed by atoms with van der Waals surface area (Å²) in [6.07, 6.45) is 3.80. The lowest BCUT2D eigenvalue weighted by molar-refractivity contribution is 0.300. The van der Waals surface area contributed by atoms with Gasteiger partial charge in [0.2, 0.25) is 0 Å². The van der Waals surface area contributed by atoms with Crippen molar-refractivity contribution >= 4 is 0 Å². The van der Waals surface area contributed by atoms with Gasteiger partial charge in [-0.15, -0.1) is 0 Å². The van der Waals surface area contributed by atoms with E-state index in [4.69, 9.17) is 0 Å². The molecule has 2 rings (SSSR count). The van der Waals surface area contributed by atoms with Gasteiger partial charge in [-0.3, -0.25) is 0 Å². The Morgan fingerprint density at radius 2 is 2.24 bits per heavy atom. The molecule has 0 radical (unpaired) electrons. The van der Waals surface area contributed by atoms with Crippen LogP contribution in [0.5, 0.6) is 0 Å². The van der Waals surface area contributed by atoms with Crippen LogP contribution in [0, 0.1) is 6.92 Å². The molecule has 0 atom stereocenters. The number of aromatic nitrogens is 4. The van der Waals surface area contributed by atoms with E-state index in [9.17, 15) is 0 Å². The summed E-state index contributed by atoms with van der Waals surface area (Å²) in [6, 6.07) is 0.460. The highest BCUT2D eigenvalue weighted by atomic mass is 16.6. The maximum absolute atomic E-state index is 4.66. The molecule has 0 amide bonds. The van der Waals surface area contributed by atoms with E-state index in [0.717, 1.165) is 23.6 Å². The van der Waals surface area contributed by atoms with Crippen molar-refractivity contribution in [2.75, 3.05) is 0 Å². The van der Waals surface area contributed by atoms with Crippen LogP contribution in [0.25, 0.3) is 0 Å². The van der Waals surface area contributed by atoms with Gasteiger partial charge in [-0.2, -0.15) is 0 Å². The van der Waals surface area contributed by atoms with E-state index in [0.29, 0.717) is 12.6 Å². The standard InChI is InChI=1S/C11H17N5O/c1-8(2)12-4-10-5-16(7-13-10)6-11-9(3)14-17-15-11/h5,7-8,12H,4,6H2,1-3H3. The Morgan fingerprint density at radius 1 is 1.41 bits per heavy atom. The molecule has 0 saturated heterocycles. The Labute approximate surface area is 100 Å². The second-order valence-electron chi connectivity index (χ2n) is 4.37. The fourth-order valence-electron chi connectivity index (χ4n) is 1.46. The van der Waals surface area contributed by atoms with Crippen molar-refractivity contribution < 1.29 is 4.63 Å². The van der Waals surface area contributed by atoms with Crippen molar-refractivity contribution in [3.63, 3.8) is 0 Å². The molecule has 0 bridgehead atoms. The van der Waals surface area contributed by atoms with E-state index >= 15 is 0 Å². The summed E-state index contributed by atoms with van der Waals surface area (Å²) >= 11 is 0. The summed E-state index contributed by atoms with van der Waals surface area (Å²) in [5.74, 6) is 0. The predicted octanol–water partition coefficient (Wildman–Crippen LogP) is 1.12. The van der Waals surface area contributed by atoms with Crippen LogP contribution in [0.4, 0.5) is 0 Å². The van der Waals surface area contributed by atoms with E-state index in [-0.39, 0.29) is 0 Å². The topological polar surface area (TPSA) is 68.8 Å². The Hall–Kier alpha value is -1.69. The molecule has 0 fully saturated rings. The van der Waals surface area contributed by atoms with Crippen LogP contribution < -0.4 is 5.32 Å². The zero-order valence-electron chi connectivity index (χ0n) is 10.3. The number of nitrogens with one attached hydrogen (secondary N) is 1. The lowest BCUT2D eigenvalue weighted by Gasteiger charge is -2.04. The number of nitrogens with zero attached hydrogens (tertiary/aromatic N) is 4. The van der Waals surface area contributed by atoms with E-state index in [1.165, 1.54) is 0 Å². The number of rotatable bonds is 5. The average Bonchev–Trinajstić information content (AvgIpc) is 2.87. The zero-order chi connectivity index (χ0) is 12.3. The number of hydrogen-bond acceptors (Lipinski definition) is 5. The normalized spacial score (nSPS) is 11.3. The second kappa shape index (κ2) is 5.09. The van der Waals surface area contributed by atoms with Crippen molar-refractivity contribution in [2.24, 2.45) is 0 Å². The first-order valence-electron chi connectivity index (χ1n) is 5.67. The van der Waals surface area contributed by atoms with Crippen molar-refractivity contribution in [3.8, 4) is 0 Å². The van der Waals surface area contributed by atoms with Crippen LogP contribution in [0.15, 0.2) is 17.2 Å². The highest BCUT2D eigenvalue weighted by Crippen LogP contribution is 2.05. The SMILES string of the molecule is Cc1nonc1Cn1cnc(CNC(C)C)c1. The molecule has 2 heterocycles. The monoisotopic (exact) mass is 235 g/mol. The molecular formula is C11H17N5O. The van der Waals surface area contributed by atoms with Gasteiger partial charge in [0.25, 0.3) is 0 Å². The molecule has 0 aromatic carbocycles. The van der Waals surface area contributed by atoms with Crippen molar-refractivity contribution in [2.45, 2.75) is 39.9 Å². The summed E-state index contributed by atoms with van der Waals surface area (Å²) < 4.78 is 6.63. The minimum absolute atomic E-state index is 0.460. The molecular weight excluding hydrogens is 218 g/mol. The van der Waals surface area contributed by atoms with Gasteiger partial charge in [0, 0.05) is 18.8 Å². The maximum atomic E-state index is 4.66. The van der Waals surface area contributed by atoms with Gasteiger partial charge in [-0.25, -0.2) is 9.61 Å². The highest BCUT2D eigenvalue weighted by Gasteiger charge is 2.06. The van der Waals surface area contributed by atoms with Gasteiger partial charge in [-0.05, 0) is 6.92 Å². The summed E-state index contributed by atoms with van der Waals surface area (Å²) in [6.45, 7) is 7.53. The molecule has 0 spiro atoms. The van der Waals surface area contributed by atoms with Gasteiger partial charge >= 0.3 is 0 Å². The predicted molar refractivity (Wildman–Crippen MR) is 62.3 cm³/mol. The van der Waals surface area contributed by atoms with E-state index < -0.39 is 0 Å². The smallest absolute Gasteiger partial charge is 0.127 e. The average molecular weight is 235 g/mol. The van der Waals surface area contributed by atoms with Crippen LogP contribution in [0.3, 0.4) is 0 Å². The Bertz CT molecular complexity index is 474. The lowest BCUT2D eigenvalue weighted by atomic mass is 10.3. The molecule has 2 aromatic heterocycles. The van der Waals surface area contributed by atoms with Crippen LogP contribution >= 0.6 is 0 Å². The van der Waals surface area contributed by atoms with Crippen LogP contribution in [0.2, 0.25) is 0 Å². The van der Waals surface area contributed by atoms with Crippen molar-refractivity contribution in [3.05, 3.63) is 29.6 Å². The van der Waals surface area contributed by atoms with Crippen molar-refractivity contribution in [1.82, 2.24) is 25.2 Å². The highest BCUT2D eigenvalue weighted by molar-refractivity contribution is 5.07. The van der Waals surface area contributed by atoms with Gasteiger partial charge in [0.1, 0.15) is 11.4 Å². The van der Waals surface area contributed by atoms with E-state index in [1.54, 1.807) is 6.33 Å². The van der Waals surface area contributed by atoms with E-state index in [1.807, 2.05) is 17.7 Å². The third kappa shape index (κ3) is 3.13. The molecule has 0 unspecified atom stereocenters. The first kappa shape index (κ1) is 11.8. The summed E-state index contributed by atoms with van der Waals surface area (Å²) in [5, 5.41) is 10.9. The molecule has 2 aromatic rings. The number of hydrogen-bond donors (Lipinski definition) is 1. The Kier molecular flexibility index (Phi) is 3.53. The molecule has 6 nitrogen and oxygen atoms in total. The Morgan fingerprint density at radius 3 is 2.88 bits per heavy atom. The van der Waals surface area contributed by atoms with Crippen molar-refractivity contribution in [1.29, 1.82) is 0 Å². The van der Waals surface area contributed by atoms with Crippen LogP contribution in [0.1, 0.15) is 30.9 Å². The molecule has 0 aliphatic heterocycles. The molecule has 17 heavy (non-hydrogen) atoms. The molecule has 92 valence electrons. The van der Waals surface area contributed by atoms with Gasteiger partial charge in [0.05, 0.1) is 18.6 Å². The molecule has 0 saturated carbocycles. The molecule has 6 heteroatoms. The molecule has 1 N–H and O–H groups in total. The largest absolute Gasteiger partial charge is 0.331 e. The van der Waals surface area contributed by atoms with E-state index in [2.05, 4.69) is 39.1 Å². The van der Waals surface area contributed by atoms with Crippen LogP contribution in [-0.2, 0) is 13.1 Å². The summed E-state index contributed by atoms with van der Waals surface area (Å²) in [5.41, 5.74) is 2.68. The van der Waals surface area contributed by atoms with Crippen LogP contribution in [-0.4, -0.2) is 25.9 Å². The fraction of sp³-hybridized carbons (Fsp3) is 0.545. The minimum atomic E-state index is 0.460. The maximum Gasteiger partial charge on any atom is 0.127 e. The summed E-state index contributed by atoms with van der Waals surface area (Å²) in [7, 11) is 0. The quantitative estimate of drug-likeness (QED) is 0.841. The minimum Gasteiger partial charge on any atom is -0.331 e. The van der Waals surface area contributed by atoms with Gasteiger partial charge in [0.15, 0.2) is 0 Å². The molecule has 0 aliphatic carbocycles. The third-order valence-electron chi connectivity index (χ3n) is 2.46. The van der Waals surface area contributed by atoms with Gasteiger partial charge in [-0.1, -0.05) is 24.2 Å². The Balaban J connectivity index is 1.97. The first-order valence-corrected chi connectivity index (χ1v) is 5.67. The summed E-state index contributed by atoms with van der Waals surface area (Å²) in [4.78, 5) is 4.32. The zero-order valence-corrected chi connectivity index (χ0v) is 10.3. The number of imidazole rings is 1. The van der Waals surface area contributed by atoms with Gasteiger partial charge < -0.3 is 9.88 Å².